The minimum Gasteiger partial charge on any atom is -0.489 e. The molecule has 3 N–H and O–H groups in total. The number of ether oxygens (including phenoxy) is 1. The fourth-order valence-corrected chi connectivity index (χ4v) is 3.24. The van der Waals surface area contributed by atoms with E-state index in [1.807, 2.05) is 50.3 Å². The van der Waals surface area contributed by atoms with Gasteiger partial charge in [0, 0.05) is 0 Å². The van der Waals surface area contributed by atoms with Crippen LogP contribution < -0.4 is 4.74 Å². The molecule has 0 aliphatic rings. The van der Waals surface area contributed by atoms with Crippen molar-refractivity contribution in [2.24, 2.45) is 0 Å². The summed E-state index contributed by atoms with van der Waals surface area (Å²) in [5.41, 5.74) is 0.392. The molecular formula is C25H30O6. The number of rotatable bonds is 11. The van der Waals surface area contributed by atoms with Crippen LogP contribution in [0, 0.1) is 0 Å². The minimum absolute atomic E-state index is 0.123. The molecule has 2 aromatic rings. The van der Waals surface area contributed by atoms with E-state index in [0.29, 0.717) is 24.2 Å². The highest BCUT2D eigenvalue weighted by Gasteiger charge is 2.18. The molecule has 6 nitrogen and oxygen atoms in total. The van der Waals surface area contributed by atoms with Gasteiger partial charge in [-0.3, -0.25) is 0 Å². The first kappa shape index (κ1) is 24.2. The maximum Gasteiger partial charge on any atom is 0.336 e. The van der Waals surface area contributed by atoms with Crippen molar-refractivity contribution in [3.63, 3.8) is 0 Å². The molecule has 0 fully saturated rings. The standard InChI is InChI=1S/C25H30O6/c1-4-25(30,5-2)13-7-8-17(3)19-9-6-10-20(15-19)31-16-18-11-12-21(23(26)27)22(14-18)24(28)29/h6-7,9-15,17,30H,4-5,8,16H2,1-3H3,(H,26,27)(H,28,29). The minimum atomic E-state index is -1.29. The molecule has 2 rings (SSSR count). The molecule has 0 spiro atoms. The molecule has 0 saturated carbocycles. The summed E-state index contributed by atoms with van der Waals surface area (Å²) in [6, 6.07) is 11.8. The van der Waals surface area contributed by atoms with Crippen molar-refractivity contribution in [3.05, 3.63) is 76.9 Å². The van der Waals surface area contributed by atoms with Gasteiger partial charge in [-0.2, -0.15) is 0 Å². The SMILES string of the molecule is CCC(O)(C=CCC(C)c1cccc(OCc2ccc(C(=O)O)c(C(=O)O)c2)c1)CC. The normalized spacial score (nSPS) is 12.6. The quantitative estimate of drug-likeness (QED) is 0.423. The molecule has 6 heteroatoms. The lowest BCUT2D eigenvalue weighted by Gasteiger charge is -2.20. The smallest absolute Gasteiger partial charge is 0.336 e. The molecule has 0 heterocycles. The summed E-state index contributed by atoms with van der Waals surface area (Å²) in [4.78, 5) is 22.5. The maximum absolute atomic E-state index is 11.3. The number of carbonyl (C=O) groups is 2. The molecule has 0 bridgehead atoms. The van der Waals surface area contributed by atoms with E-state index in [4.69, 9.17) is 9.84 Å². The second-order valence-electron chi connectivity index (χ2n) is 7.70. The van der Waals surface area contributed by atoms with E-state index in [1.165, 1.54) is 12.1 Å². The van der Waals surface area contributed by atoms with Gasteiger partial charge in [0.15, 0.2) is 0 Å². The number of hydrogen-bond acceptors (Lipinski definition) is 4. The monoisotopic (exact) mass is 426 g/mol. The number of benzene rings is 2. The zero-order valence-electron chi connectivity index (χ0n) is 18.2. The Hall–Kier alpha value is -3.12. The third-order valence-corrected chi connectivity index (χ3v) is 5.52. The van der Waals surface area contributed by atoms with Crippen molar-refractivity contribution in [2.45, 2.75) is 58.2 Å². The lowest BCUT2D eigenvalue weighted by atomic mass is 9.93. The van der Waals surface area contributed by atoms with Crippen LogP contribution in [0.15, 0.2) is 54.6 Å². The zero-order valence-corrected chi connectivity index (χ0v) is 18.2. The summed E-state index contributed by atoms with van der Waals surface area (Å²) in [7, 11) is 0. The molecule has 0 radical (unpaired) electrons. The Morgan fingerprint density at radius 2 is 1.71 bits per heavy atom. The van der Waals surface area contributed by atoms with Crippen molar-refractivity contribution in [3.8, 4) is 5.75 Å². The molecule has 0 saturated heterocycles. The van der Waals surface area contributed by atoms with Gasteiger partial charge in [-0.1, -0.05) is 51.1 Å². The van der Waals surface area contributed by atoms with E-state index < -0.39 is 17.5 Å². The van der Waals surface area contributed by atoms with Gasteiger partial charge in [0.2, 0.25) is 0 Å². The highest BCUT2D eigenvalue weighted by molar-refractivity contribution is 6.01. The molecule has 2 aromatic carbocycles. The Balaban J connectivity index is 2.06. The molecule has 166 valence electrons. The van der Waals surface area contributed by atoms with E-state index >= 15 is 0 Å². The second-order valence-corrected chi connectivity index (χ2v) is 7.70. The summed E-state index contributed by atoms with van der Waals surface area (Å²) in [5.74, 6) is -1.70. The second kappa shape index (κ2) is 10.8. The molecule has 0 aliphatic carbocycles. The molecule has 0 aromatic heterocycles. The van der Waals surface area contributed by atoms with Crippen LogP contribution in [0.25, 0.3) is 0 Å². The van der Waals surface area contributed by atoms with Gasteiger partial charge < -0.3 is 20.1 Å². The van der Waals surface area contributed by atoms with Gasteiger partial charge in [0.05, 0.1) is 16.7 Å². The molecule has 1 atom stereocenters. The summed E-state index contributed by atoms with van der Waals surface area (Å²) < 4.78 is 5.81. The van der Waals surface area contributed by atoms with Gasteiger partial charge in [0.1, 0.15) is 12.4 Å². The van der Waals surface area contributed by atoms with Crippen molar-refractivity contribution in [1.82, 2.24) is 0 Å². The van der Waals surface area contributed by atoms with Crippen molar-refractivity contribution in [1.29, 1.82) is 0 Å². The van der Waals surface area contributed by atoms with Crippen LogP contribution in [0.1, 0.15) is 77.8 Å². The van der Waals surface area contributed by atoms with Gasteiger partial charge in [-0.25, -0.2) is 9.59 Å². The van der Waals surface area contributed by atoms with E-state index in [2.05, 4.69) is 6.92 Å². The third-order valence-electron chi connectivity index (χ3n) is 5.52. The topological polar surface area (TPSA) is 104 Å². The maximum atomic E-state index is 11.3. The molecule has 1 unspecified atom stereocenters. The summed E-state index contributed by atoms with van der Waals surface area (Å²) >= 11 is 0. The fraction of sp³-hybridized carbons (Fsp3) is 0.360. The van der Waals surface area contributed by atoms with Gasteiger partial charge in [-0.15, -0.1) is 0 Å². The predicted molar refractivity (Wildman–Crippen MR) is 119 cm³/mol. The highest BCUT2D eigenvalue weighted by Crippen LogP contribution is 2.26. The first-order valence-electron chi connectivity index (χ1n) is 10.4. The van der Waals surface area contributed by atoms with Crippen molar-refractivity contribution >= 4 is 11.9 Å². The average molecular weight is 427 g/mol. The number of carboxylic acids is 2. The predicted octanol–water partition coefficient (Wildman–Crippen LogP) is 5.26. The Morgan fingerprint density at radius 1 is 1.03 bits per heavy atom. The first-order valence-corrected chi connectivity index (χ1v) is 10.4. The number of hydrogen-bond donors (Lipinski definition) is 3. The number of aliphatic hydroxyl groups is 1. The molecule has 31 heavy (non-hydrogen) atoms. The Bertz CT molecular complexity index is 943. The van der Waals surface area contributed by atoms with Gasteiger partial charge >= 0.3 is 11.9 Å². The Morgan fingerprint density at radius 3 is 2.32 bits per heavy atom. The lowest BCUT2D eigenvalue weighted by Crippen LogP contribution is -2.22. The van der Waals surface area contributed by atoms with Gasteiger partial charge in [0.25, 0.3) is 0 Å². The van der Waals surface area contributed by atoms with Gasteiger partial charge in [-0.05, 0) is 60.6 Å². The summed E-state index contributed by atoms with van der Waals surface area (Å²) in [5, 5.41) is 28.7. The van der Waals surface area contributed by atoms with Crippen molar-refractivity contribution in [2.75, 3.05) is 0 Å². The Labute approximate surface area is 182 Å². The highest BCUT2D eigenvalue weighted by atomic mass is 16.5. The molecule has 0 amide bonds. The number of aromatic carboxylic acids is 2. The number of allylic oxidation sites excluding steroid dienone is 1. The summed E-state index contributed by atoms with van der Waals surface area (Å²) in [6.45, 7) is 6.15. The van der Waals surface area contributed by atoms with E-state index in [1.54, 1.807) is 6.07 Å². The zero-order chi connectivity index (χ0) is 23.0. The lowest BCUT2D eigenvalue weighted by molar-refractivity contribution is 0.0651. The van der Waals surface area contributed by atoms with E-state index in [9.17, 15) is 19.8 Å². The van der Waals surface area contributed by atoms with Crippen LogP contribution in [-0.4, -0.2) is 32.9 Å². The largest absolute Gasteiger partial charge is 0.489 e. The number of carboxylic acid groups (broad SMARTS) is 2. The molecule has 0 aliphatic heterocycles. The van der Waals surface area contributed by atoms with E-state index in [0.717, 1.165) is 12.0 Å². The van der Waals surface area contributed by atoms with Crippen LogP contribution in [0.5, 0.6) is 5.75 Å². The third kappa shape index (κ3) is 6.69. The van der Waals surface area contributed by atoms with Crippen molar-refractivity contribution < 1.29 is 29.6 Å². The van der Waals surface area contributed by atoms with Crippen LogP contribution in [0.3, 0.4) is 0 Å². The average Bonchev–Trinajstić information content (AvgIpc) is 2.77. The Kier molecular flexibility index (Phi) is 8.39. The summed E-state index contributed by atoms with van der Waals surface area (Å²) in [6.07, 6.45) is 6.03. The van der Waals surface area contributed by atoms with Crippen LogP contribution in [0.4, 0.5) is 0 Å². The van der Waals surface area contributed by atoms with Crippen LogP contribution in [-0.2, 0) is 6.61 Å². The van der Waals surface area contributed by atoms with E-state index in [-0.39, 0.29) is 23.7 Å². The fourth-order valence-electron chi connectivity index (χ4n) is 3.24. The van der Waals surface area contributed by atoms with Crippen LogP contribution in [0.2, 0.25) is 0 Å². The molecular weight excluding hydrogens is 396 g/mol. The first-order chi connectivity index (χ1) is 14.7. The van der Waals surface area contributed by atoms with Crippen LogP contribution >= 0.6 is 0 Å².